The number of thiocarbonyl (C=S) groups is 1. The summed E-state index contributed by atoms with van der Waals surface area (Å²) >= 11 is 9.38. The molecule has 6 nitrogen and oxygen atoms in total. The highest BCUT2D eigenvalue weighted by molar-refractivity contribution is 9.10. The molecule has 2 bridgehead atoms. The third-order valence-corrected chi connectivity index (χ3v) is 7.49. The van der Waals surface area contributed by atoms with Crippen LogP contribution < -0.4 is 25.0 Å². The lowest BCUT2D eigenvalue weighted by Crippen LogP contribution is -2.72. The van der Waals surface area contributed by atoms with Crippen LogP contribution in [0, 0.1) is 19.8 Å². The predicted molar refractivity (Wildman–Crippen MR) is 145 cm³/mol. The van der Waals surface area contributed by atoms with Crippen molar-refractivity contribution < 1.29 is 14.3 Å². The second-order valence-electron chi connectivity index (χ2n) is 9.09. The third-order valence-electron chi connectivity index (χ3n) is 6.69. The van der Waals surface area contributed by atoms with Gasteiger partial charge in [-0.25, -0.2) is 0 Å². The summed E-state index contributed by atoms with van der Waals surface area (Å²) in [4.78, 5) is 15.9. The maximum Gasteiger partial charge on any atom is 0.236 e. The lowest BCUT2D eigenvalue weighted by molar-refractivity contribution is -0.130. The predicted octanol–water partition coefficient (Wildman–Crippen LogP) is 5.87. The second kappa shape index (κ2) is 8.84. The van der Waals surface area contributed by atoms with Gasteiger partial charge in [0.25, 0.3) is 0 Å². The zero-order valence-corrected chi connectivity index (χ0v) is 22.3. The van der Waals surface area contributed by atoms with E-state index >= 15 is 0 Å². The standard InChI is InChI=1S/C27H26BrN3O3S/c1-15-8-10-21(16(2)12-15)29-25(32)23-24-20-14-19(33-4)9-11-22(20)34-27(23,3)31(26(35)30-24)18-7-5-6-17(28)13-18/h5-14,23-24H,1-4H3,(H,29,32)(H,30,35)/t23-,24-,27-/m0/s1. The van der Waals surface area contributed by atoms with Gasteiger partial charge in [0.05, 0.1) is 13.2 Å². The number of anilines is 2. The molecule has 35 heavy (non-hydrogen) atoms. The van der Waals surface area contributed by atoms with E-state index in [4.69, 9.17) is 21.7 Å². The Bertz CT molecular complexity index is 1350. The first kappa shape index (κ1) is 23.6. The smallest absolute Gasteiger partial charge is 0.236 e. The van der Waals surface area contributed by atoms with Crippen molar-refractivity contribution in [2.45, 2.75) is 32.5 Å². The molecule has 8 heteroatoms. The van der Waals surface area contributed by atoms with Crippen LogP contribution in [0.5, 0.6) is 11.5 Å². The van der Waals surface area contributed by atoms with E-state index < -0.39 is 17.7 Å². The minimum Gasteiger partial charge on any atom is -0.497 e. The number of carbonyl (C=O) groups excluding carboxylic acids is 1. The van der Waals surface area contributed by atoms with Crippen molar-refractivity contribution in [3.05, 3.63) is 81.8 Å². The summed E-state index contributed by atoms with van der Waals surface area (Å²) < 4.78 is 13.0. The average molecular weight is 552 g/mol. The lowest BCUT2D eigenvalue weighted by Gasteiger charge is -2.56. The van der Waals surface area contributed by atoms with E-state index in [0.29, 0.717) is 16.6 Å². The second-order valence-corrected chi connectivity index (χ2v) is 10.4. The highest BCUT2D eigenvalue weighted by atomic mass is 79.9. The number of amides is 1. The Labute approximate surface area is 218 Å². The van der Waals surface area contributed by atoms with Crippen LogP contribution in [0.15, 0.2) is 65.1 Å². The van der Waals surface area contributed by atoms with Gasteiger partial charge in [0.1, 0.15) is 17.4 Å². The third kappa shape index (κ3) is 4.04. The fourth-order valence-corrected chi connectivity index (χ4v) is 5.86. The minimum absolute atomic E-state index is 0.159. The van der Waals surface area contributed by atoms with E-state index in [2.05, 4.69) is 32.6 Å². The number of nitrogens with one attached hydrogen (secondary N) is 2. The lowest BCUT2D eigenvalue weighted by atomic mass is 9.78. The van der Waals surface area contributed by atoms with Crippen LogP contribution in [-0.2, 0) is 4.79 Å². The first-order chi connectivity index (χ1) is 16.7. The Balaban J connectivity index is 1.64. The Kier molecular flexibility index (Phi) is 5.97. The number of rotatable bonds is 4. The molecule has 5 rings (SSSR count). The molecule has 1 saturated heterocycles. The van der Waals surface area contributed by atoms with Crippen molar-refractivity contribution >= 4 is 50.5 Å². The van der Waals surface area contributed by atoms with Crippen LogP contribution >= 0.6 is 28.1 Å². The summed E-state index contributed by atoms with van der Waals surface area (Å²) in [6, 6.07) is 19.0. The zero-order chi connectivity index (χ0) is 24.9. The van der Waals surface area contributed by atoms with Crippen molar-refractivity contribution in [2.24, 2.45) is 5.92 Å². The molecule has 3 aromatic carbocycles. The normalized spacial score (nSPS) is 22.5. The molecule has 0 spiro atoms. The fourth-order valence-electron chi connectivity index (χ4n) is 5.06. The van der Waals surface area contributed by atoms with Crippen molar-refractivity contribution in [3.8, 4) is 11.5 Å². The van der Waals surface area contributed by atoms with Gasteiger partial charge in [-0.1, -0.05) is 39.7 Å². The van der Waals surface area contributed by atoms with Gasteiger partial charge in [-0.15, -0.1) is 0 Å². The molecule has 2 aliphatic rings. The van der Waals surface area contributed by atoms with Crippen LogP contribution in [0.25, 0.3) is 0 Å². The molecule has 2 aliphatic heterocycles. The fraction of sp³-hybridized carbons (Fsp3) is 0.259. The van der Waals surface area contributed by atoms with Gasteiger partial charge in [0.15, 0.2) is 10.8 Å². The quantitative estimate of drug-likeness (QED) is 0.395. The Hall–Kier alpha value is -3.10. The van der Waals surface area contributed by atoms with Crippen LogP contribution in [0.2, 0.25) is 0 Å². The van der Waals surface area contributed by atoms with E-state index in [1.165, 1.54) is 0 Å². The number of hydrogen-bond donors (Lipinski definition) is 2. The average Bonchev–Trinajstić information content (AvgIpc) is 2.80. The number of carbonyl (C=O) groups is 1. The molecule has 3 atom stereocenters. The zero-order valence-electron chi connectivity index (χ0n) is 19.9. The van der Waals surface area contributed by atoms with Gasteiger partial charge in [0.2, 0.25) is 5.91 Å². The number of fused-ring (bicyclic) bond motifs is 4. The largest absolute Gasteiger partial charge is 0.497 e. The Morgan fingerprint density at radius 2 is 1.97 bits per heavy atom. The SMILES string of the molecule is COc1ccc2c(c1)[C@@H]1NC(=S)N(c3cccc(Br)c3)[C@@](C)(O2)[C@@H]1C(=O)Nc1ccc(C)cc1C. The monoisotopic (exact) mass is 551 g/mol. The van der Waals surface area contributed by atoms with Crippen molar-refractivity contribution in [2.75, 3.05) is 17.3 Å². The maximum absolute atomic E-state index is 14.0. The van der Waals surface area contributed by atoms with E-state index in [1.807, 2.05) is 80.3 Å². The van der Waals surface area contributed by atoms with Crippen LogP contribution in [0.3, 0.4) is 0 Å². The molecule has 0 unspecified atom stereocenters. The maximum atomic E-state index is 14.0. The molecule has 180 valence electrons. The topological polar surface area (TPSA) is 62.8 Å². The number of hydrogen-bond acceptors (Lipinski definition) is 4. The van der Waals surface area contributed by atoms with Crippen LogP contribution in [-0.4, -0.2) is 23.9 Å². The summed E-state index contributed by atoms with van der Waals surface area (Å²) in [6.45, 7) is 5.95. The highest BCUT2D eigenvalue weighted by Crippen LogP contribution is 2.50. The minimum atomic E-state index is -1.09. The Morgan fingerprint density at radius 3 is 2.69 bits per heavy atom. The molecule has 2 heterocycles. The molecular formula is C27H26BrN3O3S. The van der Waals surface area contributed by atoms with Gasteiger partial charge in [-0.2, -0.15) is 0 Å². The van der Waals surface area contributed by atoms with Gasteiger partial charge in [-0.3, -0.25) is 9.69 Å². The first-order valence-corrected chi connectivity index (χ1v) is 12.5. The summed E-state index contributed by atoms with van der Waals surface area (Å²) in [5.41, 5.74) is 3.48. The van der Waals surface area contributed by atoms with Crippen molar-refractivity contribution in [3.63, 3.8) is 0 Å². The molecule has 2 N–H and O–H groups in total. The van der Waals surface area contributed by atoms with E-state index in [9.17, 15) is 4.79 Å². The Morgan fingerprint density at radius 1 is 1.17 bits per heavy atom. The number of methoxy groups -OCH3 is 1. The van der Waals surface area contributed by atoms with Gasteiger partial charge in [-0.05, 0) is 81.0 Å². The van der Waals surface area contributed by atoms with E-state index in [1.54, 1.807) is 7.11 Å². The van der Waals surface area contributed by atoms with E-state index in [0.717, 1.165) is 32.5 Å². The molecule has 1 fully saturated rings. The number of aryl methyl sites for hydroxylation is 2. The number of benzene rings is 3. The molecule has 1 amide bonds. The molecular weight excluding hydrogens is 526 g/mol. The van der Waals surface area contributed by atoms with Crippen LogP contribution in [0.1, 0.15) is 29.7 Å². The molecule has 0 radical (unpaired) electrons. The number of ether oxygens (including phenoxy) is 2. The van der Waals surface area contributed by atoms with Gasteiger partial charge in [0, 0.05) is 21.4 Å². The molecule has 0 aliphatic carbocycles. The molecule has 0 saturated carbocycles. The van der Waals surface area contributed by atoms with E-state index in [-0.39, 0.29) is 5.91 Å². The van der Waals surface area contributed by atoms with Crippen molar-refractivity contribution in [1.29, 1.82) is 0 Å². The number of nitrogens with zero attached hydrogens (tertiary/aromatic N) is 1. The summed E-state index contributed by atoms with van der Waals surface area (Å²) in [7, 11) is 1.62. The molecule has 0 aromatic heterocycles. The summed E-state index contributed by atoms with van der Waals surface area (Å²) in [5.74, 6) is 0.580. The highest BCUT2D eigenvalue weighted by Gasteiger charge is 2.59. The molecule has 3 aromatic rings. The van der Waals surface area contributed by atoms with Gasteiger partial charge < -0.3 is 20.1 Å². The summed E-state index contributed by atoms with van der Waals surface area (Å²) in [6.07, 6.45) is 0. The van der Waals surface area contributed by atoms with Gasteiger partial charge >= 0.3 is 0 Å². The summed E-state index contributed by atoms with van der Waals surface area (Å²) in [5, 5.41) is 7.07. The first-order valence-electron chi connectivity index (χ1n) is 11.3. The van der Waals surface area contributed by atoms with Crippen molar-refractivity contribution in [1.82, 2.24) is 5.32 Å². The van der Waals surface area contributed by atoms with Crippen LogP contribution in [0.4, 0.5) is 11.4 Å². The number of halogens is 1.